The van der Waals surface area contributed by atoms with E-state index >= 15 is 0 Å². The third-order valence-corrected chi connectivity index (χ3v) is 7.83. The van der Waals surface area contributed by atoms with Gasteiger partial charge in [0.15, 0.2) is 4.32 Å². The lowest BCUT2D eigenvalue weighted by atomic mass is 10.1. The number of benzene rings is 3. The molecule has 0 spiro atoms. The zero-order valence-electron chi connectivity index (χ0n) is 18.3. The van der Waals surface area contributed by atoms with Crippen LogP contribution in [0, 0.1) is 0 Å². The molecule has 0 bridgehead atoms. The zero-order valence-corrected chi connectivity index (χ0v) is 22.2. The van der Waals surface area contributed by atoms with E-state index in [1.807, 2.05) is 48.7 Å². The molecule has 1 fully saturated rings. The highest BCUT2D eigenvalue weighted by Crippen LogP contribution is 2.39. The van der Waals surface area contributed by atoms with E-state index in [1.54, 1.807) is 31.4 Å². The molecule has 5 rings (SSSR count). The minimum Gasteiger partial charge on any atom is -0.495 e. The fraction of sp³-hybridized carbons (Fsp3) is 0.0769. The molecule has 4 nitrogen and oxygen atoms in total. The van der Waals surface area contributed by atoms with Gasteiger partial charge in [-0.25, -0.2) is 0 Å². The standard InChI is InChI=1S/C26H17Cl3N2O2S2/c1-33-23-9-8-18(12-21(23)29)31-25(32)24(35-26(31)34)10-16-14-30(22-5-3-2-4-19(16)22)13-15-6-7-17(27)11-20(15)28/h2-12,14H,13H2,1H3/b24-10+. The number of hydrogen-bond donors (Lipinski definition) is 0. The molecule has 0 aliphatic carbocycles. The van der Waals surface area contributed by atoms with Gasteiger partial charge in [-0.2, -0.15) is 0 Å². The minimum absolute atomic E-state index is 0.196. The molecule has 0 unspecified atom stereocenters. The molecule has 1 aromatic heterocycles. The normalized spacial score (nSPS) is 15.0. The minimum atomic E-state index is -0.196. The van der Waals surface area contributed by atoms with Crippen LogP contribution in [0.1, 0.15) is 11.1 Å². The van der Waals surface area contributed by atoms with Crippen molar-refractivity contribution in [2.24, 2.45) is 0 Å². The van der Waals surface area contributed by atoms with Gasteiger partial charge < -0.3 is 9.30 Å². The van der Waals surface area contributed by atoms with Gasteiger partial charge in [-0.05, 0) is 48.0 Å². The Balaban J connectivity index is 1.51. The van der Waals surface area contributed by atoms with Crippen LogP contribution >= 0.6 is 58.8 Å². The van der Waals surface area contributed by atoms with Crippen LogP contribution in [0.4, 0.5) is 5.69 Å². The Morgan fingerprint density at radius 3 is 2.57 bits per heavy atom. The summed E-state index contributed by atoms with van der Waals surface area (Å²) < 4.78 is 7.77. The van der Waals surface area contributed by atoms with Crippen molar-refractivity contribution in [3.63, 3.8) is 0 Å². The molecule has 35 heavy (non-hydrogen) atoms. The van der Waals surface area contributed by atoms with E-state index in [-0.39, 0.29) is 5.91 Å². The third-order valence-electron chi connectivity index (χ3n) is 5.65. The van der Waals surface area contributed by atoms with Gasteiger partial charge in [0.1, 0.15) is 5.75 Å². The maximum atomic E-state index is 13.3. The molecule has 0 radical (unpaired) electrons. The van der Waals surface area contributed by atoms with Crippen molar-refractivity contribution in [1.82, 2.24) is 4.57 Å². The summed E-state index contributed by atoms with van der Waals surface area (Å²) in [4.78, 5) is 15.4. The van der Waals surface area contributed by atoms with E-state index in [1.165, 1.54) is 16.7 Å². The molecule has 9 heteroatoms. The van der Waals surface area contributed by atoms with Gasteiger partial charge in [0.05, 0.1) is 22.7 Å². The number of rotatable bonds is 5. The lowest BCUT2D eigenvalue weighted by Gasteiger charge is -2.15. The molecule has 1 aliphatic heterocycles. The van der Waals surface area contributed by atoms with Gasteiger partial charge >= 0.3 is 0 Å². The molecule has 1 saturated heterocycles. The first kappa shape index (κ1) is 24.2. The number of fused-ring (bicyclic) bond motifs is 1. The molecule has 0 N–H and O–H groups in total. The topological polar surface area (TPSA) is 34.5 Å². The fourth-order valence-electron chi connectivity index (χ4n) is 3.98. The van der Waals surface area contributed by atoms with E-state index < -0.39 is 0 Å². The molecule has 1 amide bonds. The molecular formula is C26H17Cl3N2O2S2. The second kappa shape index (κ2) is 9.88. The van der Waals surface area contributed by atoms with Crippen molar-refractivity contribution in [2.75, 3.05) is 12.0 Å². The van der Waals surface area contributed by atoms with Crippen molar-refractivity contribution in [2.45, 2.75) is 6.54 Å². The van der Waals surface area contributed by atoms with Gasteiger partial charge in [-0.1, -0.05) is 83.0 Å². The van der Waals surface area contributed by atoms with E-state index in [4.69, 9.17) is 51.8 Å². The highest BCUT2D eigenvalue weighted by Gasteiger charge is 2.34. The Labute approximate surface area is 227 Å². The Morgan fingerprint density at radius 1 is 1.03 bits per heavy atom. The summed E-state index contributed by atoms with van der Waals surface area (Å²) in [6, 6.07) is 18.7. The predicted molar refractivity (Wildman–Crippen MR) is 151 cm³/mol. The molecule has 1 aliphatic rings. The maximum absolute atomic E-state index is 13.3. The van der Waals surface area contributed by atoms with Gasteiger partial charge in [0.2, 0.25) is 0 Å². The highest BCUT2D eigenvalue weighted by atomic mass is 35.5. The number of ether oxygens (including phenoxy) is 1. The molecular weight excluding hydrogens is 543 g/mol. The Morgan fingerprint density at radius 2 is 1.83 bits per heavy atom. The second-order valence-corrected chi connectivity index (χ2v) is 10.7. The number of methoxy groups -OCH3 is 1. The summed E-state index contributed by atoms with van der Waals surface area (Å²) >= 11 is 25.5. The smallest absolute Gasteiger partial charge is 0.270 e. The summed E-state index contributed by atoms with van der Waals surface area (Å²) in [5.74, 6) is 0.337. The Hall–Kier alpha value is -2.48. The number of hydrogen-bond acceptors (Lipinski definition) is 4. The number of thioether (sulfide) groups is 1. The molecule has 3 aromatic carbocycles. The summed E-state index contributed by atoms with van der Waals surface area (Å²) in [6.07, 6.45) is 3.90. The molecule has 0 saturated carbocycles. The van der Waals surface area contributed by atoms with E-state index in [2.05, 4.69) is 4.57 Å². The van der Waals surface area contributed by atoms with E-state index in [9.17, 15) is 4.79 Å². The highest BCUT2D eigenvalue weighted by molar-refractivity contribution is 8.27. The fourth-order valence-corrected chi connectivity index (χ4v) is 5.99. The summed E-state index contributed by atoms with van der Waals surface area (Å²) in [5, 5.41) is 2.63. The van der Waals surface area contributed by atoms with E-state index in [0.717, 1.165) is 22.0 Å². The molecule has 0 atom stereocenters. The zero-order chi connectivity index (χ0) is 24.7. The van der Waals surface area contributed by atoms with Crippen LogP contribution in [0.2, 0.25) is 15.1 Å². The average Bonchev–Trinajstić information content (AvgIpc) is 3.32. The van der Waals surface area contributed by atoms with Crippen LogP contribution in [-0.2, 0) is 11.3 Å². The third kappa shape index (κ3) is 4.69. The largest absolute Gasteiger partial charge is 0.495 e. The quantitative estimate of drug-likeness (QED) is 0.183. The van der Waals surface area contributed by atoms with Crippen LogP contribution in [0.15, 0.2) is 71.8 Å². The average molecular weight is 560 g/mol. The van der Waals surface area contributed by atoms with Crippen LogP contribution in [0.3, 0.4) is 0 Å². The van der Waals surface area contributed by atoms with Gasteiger partial charge in [0.25, 0.3) is 5.91 Å². The number of aromatic nitrogens is 1. The SMILES string of the molecule is COc1ccc(N2C(=O)/C(=C\c3cn(Cc4ccc(Cl)cc4Cl)c4ccccc34)SC2=S)cc1Cl. The maximum Gasteiger partial charge on any atom is 0.270 e. The number of carbonyl (C=O) groups excluding carboxylic acids is 1. The van der Waals surface area contributed by atoms with Crippen molar-refractivity contribution in [3.8, 4) is 5.75 Å². The molecule has 4 aromatic rings. The Kier molecular flexibility index (Phi) is 6.84. The van der Waals surface area contributed by atoms with Crippen molar-refractivity contribution in [1.29, 1.82) is 0 Å². The first-order valence-electron chi connectivity index (χ1n) is 10.5. The van der Waals surface area contributed by atoms with Gasteiger partial charge in [-0.3, -0.25) is 9.69 Å². The molecule has 176 valence electrons. The van der Waals surface area contributed by atoms with Crippen LogP contribution < -0.4 is 9.64 Å². The van der Waals surface area contributed by atoms with Crippen molar-refractivity contribution < 1.29 is 9.53 Å². The summed E-state index contributed by atoms with van der Waals surface area (Å²) in [5.41, 5.74) is 3.49. The number of para-hydroxylation sites is 1. The number of thiocarbonyl (C=S) groups is 1. The monoisotopic (exact) mass is 558 g/mol. The lowest BCUT2D eigenvalue weighted by Crippen LogP contribution is -2.27. The van der Waals surface area contributed by atoms with Crippen LogP contribution in [-0.4, -0.2) is 21.9 Å². The first-order valence-corrected chi connectivity index (χ1v) is 12.8. The van der Waals surface area contributed by atoms with Gasteiger partial charge in [-0.15, -0.1) is 0 Å². The van der Waals surface area contributed by atoms with Crippen LogP contribution in [0.25, 0.3) is 17.0 Å². The molecule has 2 heterocycles. The number of amides is 1. The van der Waals surface area contributed by atoms with E-state index in [0.29, 0.717) is 42.3 Å². The first-order chi connectivity index (χ1) is 16.9. The number of anilines is 1. The summed E-state index contributed by atoms with van der Waals surface area (Å²) in [7, 11) is 1.54. The Bertz CT molecular complexity index is 1530. The lowest BCUT2D eigenvalue weighted by molar-refractivity contribution is -0.113. The van der Waals surface area contributed by atoms with Crippen molar-refractivity contribution in [3.05, 3.63) is 98.0 Å². The predicted octanol–water partition coefficient (Wildman–Crippen LogP) is 8.06. The number of nitrogens with zero attached hydrogens (tertiary/aromatic N) is 2. The van der Waals surface area contributed by atoms with Crippen LogP contribution in [0.5, 0.6) is 5.75 Å². The van der Waals surface area contributed by atoms with Crippen molar-refractivity contribution >= 4 is 91.7 Å². The number of halogens is 3. The summed E-state index contributed by atoms with van der Waals surface area (Å²) in [6.45, 7) is 0.565. The van der Waals surface area contributed by atoms with Gasteiger partial charge in [0, 0.05) is 39.3 Å². The second-order valence-electron chi connectivity index (χ2n) is 7.80. The number of carbonyl (C=O) groups is 1.